The van der Waals surface area contributed by atoms with Crippen molar-refractivity contribution >= 4 is 33.5 Å². The molecular weight excluding hydrogens is 324 g/mol. The number of hydrogen-bond donors (Lipinski definition) is 0. The van der Waals surface area contributed by atoms with Crippen molar-refractivity contribution in [2.75, 3.05) is 48.0 Å². The Bertz CT molecular complexity index is 493. The Morgan fingerprint density at radius 3 is 2.75 bits per heavy atom. The first-order valence-electron chi connectivity index (χ1n) is 6.79. The maximum absolute atomic E-state index is 12.0. The molecule has 0 bridgehead atoms. The normalized spacial score (nSPS) is 23.4. The molecule has 1 aromatic rings. The van der Waals surface area contributed by atoms with Crippen molar-refractivity contribution in [1.29, 1.82) is 0 Å². The Balaban J connectivity index is 1.78. The van der Waals surface area contributed by atoms with Crippen LogP contribution in [-0.4, -0.2) is 54.1 Å². The molecule has 3 heterocycles. The molecule has 20 heavy (non-hydrogen) atoms. The highest BCUT2D eigenvalue weighted by Crippen LogP contribution is 2.26. The maximum Gasteiger partial charge on any atom is 0.228 e. The molecule has 1 atom stereocenters. The van der Waals surface area contributed by atoms with E-state index in [0.717, 1.165) is 30.8 Å². The number of hydrogen-bond acceptors (Lipinski definition) is 5. The number of halogens is 1. The average molecular weight is 341 g/mol. The molecule has 0 aromatic carbocycles. The number of carbonyl (C=O) groups is 1. The Morgan fingerprint density at radius 1 is 1.30 bits per heavy atom. The van der Waals surface area contributed by atoms with E-state index < -0.39 is 0 Å². The molecule has 108 valence electrons. The molecule has 2 saturated heterocycles. The molecular formula is C13H17BrN4O2. The molecule has 1 aromatic heterocycles. The van der Waals surface area contributed by atoms with E-state index in [0.29, 0.717) is 31.4 Å². The molecule has 1 unspecified atom stereocenters. The van der Waals surface area contributed by atoms with E-state index in [2.05, 4.69) is 30.8 Å². The second-order valence-corrected chi connectivity index (χ2v) is 5.71. The number of carbonyl (C=O) groups excluding carboxylic acids is 1. The molecule has 0 aliphatic carbocycles. The zero-order chi connectivity index (χ0) is 13.9. The van der Waals surface area contributed by atoms with Gasteiger partial charge in [-0.2, -0.15) is 0 Å². The van der Waals surface area contributed by atoms with E-state index in [-0.39, 0.29) is 5.91 Å². The minimum Gasteiger partial charge on any atom is -0.378 e. The lowest BCUT2D eigenvalue weighted by molar-refractivity contribution is -0.117. The number of anilines is 2. The van der Waals surface area contributed by atoms with Crippen LogP contribution >= 0.6 is 15.9 Å². The summed E-state index contributed by atoms with van der Waals surface area (Å²) in [6.07, 6.45) is 2.12. The molecule has 1 amide bonds. The number of alkyl halides is 1. The van der Waals surface area contributed by atoms with Crippen molar-refractivity contribution in [2.24, 2.45) is 5.92 Å². The van der Waals surface area contributed by atoms with Crippen LogP contribution in [0.3, 0.4) is 0 Å². The Morgan fingerprint density at radius 2 is 2.05 bits per heavy atom. The van der Waals surface area contributed by atoms with Gasteiger partial charge < -0.3 is 9.64 Å². The van der Waals surface area contributed by atoms with E-state index in [4.69, 9.17) is 4.74 Å². The highest BCUT2D eigenvalue weighted by Gasteiger charge is 2.31. The van der Waals surface area contributed by atoms with Crippen LogP contribution in [0.25, 0.3) is 0 Å². The van der Waals surface area contributed by atoms with Gasteiger partial charge in [-0.05, 0) is 5.92 Å². The van der Waals surface area contributed by atoms with Crippen LogP contribution in [0, 0.1) is 5.92 Å². The number of ether oxygens (including phenoxy) is 1. The van der Waals surface area contributed by atoms with E-state index in [1.54, 1.807) is 4.90 Å². The smallest absolute Gasteiger partial charge is 0.228 e. The number of morpholine rings is 1. The number of amides is 1. The summed E-state index contributed by atoms with van der Waals surface area (Å²) in [6, 6.07) is 1.90. The topological polar surface area (TPSA) is 58.6 Å². The van der Waals surface area contributed by atoms with E-state index in [9.17, 15) is 4.79 Å². The zero-order valence-corrected chi connectivity index (χ0v) is 12.8. The summed E-state index contributed by atoms with van der Waals surface area (Å²) in [4.78, 5) is 24.5. The van der Waals surface area contributed by atoms with Gasteiger partial charge in [0.05, 0.1) is 13.2 Å². The summed E-state index contributed by atoms with van der Waals surface area (Å²) in [5.74, 6) is 2.08. The molecule has 2 aliphatic heterocycles. The highest BCUT2D eigenvalue weighted by atomic mass is 79.9. The molecule has 3 rings (SSSR count). The standard InChI is InChI=1S/C13H17BrN4O2/c14-7-10-5-13(19)18(8-10)12-6-11(15-9-16-12)17-1-3-20-4-2-17/h6,9-10H,1-5,7-8H2. The lowest BCUT2D eigenvalue weighted by atomic mass is 10.2. The first-order chi connectivity index (χ1) is 9.78. The Hall–Kier alpha value is -1.21. The van der Waals surface area contributed by atoms with Crippen LogP contribution in [0.15, 0.2) is 12.4 Å². The third-order valence-corrected chi connectivity index (χ3v) is 4.59. The van der Waals surface area contributed by atoms with Crippen LogP contribution < -0.4 is 9.80 Å². The predicted molar refractivity (Wildman–Crippen MR) is 79.3 cm³/mol. The quantitative estimate of drug-likeness (QED) is 0.770. The molecule has 0 saturated carbocycles. The molecule has 0 radical (unpaired) electrons. The van der Waals surface area contributed by atoms with E-state index in [1.807, 2.05) is 6.07 Å². The average Bonchev–Trinajstić information content (AvgIpc) is 2.89. The van der Waals surface area contributed by atoms with Crippen LogP contribution in [0.5, 0.6) is 0 Å². The largest absolute Gasteiger partial charge is 0.378 e. The monoisotopic (exact) mass is 340 g/mol. The zero-order valence-electron chi connectivity index (χ0n) is 11.2. The fourth-order valence-electron chi connectivity index (χ4n) is 2.56. The van der Waals surface area contributed by atoms with Gasteiger partial charge in [0.25, 0.3) is 0 Å². The third-order valence-electron chi connectivity index (χ3n) is 3.67. The fraction of sp³-hybridized carbons (Fsp3) is 0.615. The minimum atomic E-state index is 0.140. The summed E-state index contributed by atoms with van der Waals surface area (Å²) >= 11 is 3.45. The summed E-state index contributed by atoms with van der Waals surface area (Å²) in [6.45, 7) is 3.81. The van der Waals surface area contributed by atoms with Crippen LogP contribution in [0.4, 0.5) is 11.6 Å². The Labute approximate surface area is 126 Å². The van der Waals surface area contributed by atoms with Gasteiger partial charge in [-0.3, -0.25) is 9.69 Å². The number of nitrogens with zero attached hydrogens (tertiary/aromatic N) is 4. The minimum absolute atomic E-state index is 0.140. The lowest BCUT2D eigenvalue weighted by Gasteiger charge is -2.28. The van der Waals surface area contributed by atoms with Crippen molar-refractivity contribution < 1.29 is 9.53 Å². The van der Waals surface area contributed by atoms with Crippen LogP contribution in [-0.2, 0) is 9.53 Å². The third kappa shape index (κ3) is 2.78. The summed E-state index contributed by atoms with van der Waals surface area (Å²) in [7, 11) is 0. The maximum atomic E-state index is 12.0. The van der Waals surface area contributed by atoms with Crippen molar-refractivity contribution in [2.45, 2.75) is 6.42 Å². The Kier molecular flexibility index (Phi) is 4.16. The second kappa shape index (κ2) is 6.05. The molecule has 6 nitrogen and oxygen atoms in total. The first kappa shape index (κ1) is 13.8. The van der Waals surface area contributed by atoms with E-state index in [1.165, 1.54) is 6.33 Å². The van der Waals surface area contributed by atoms with Crippen molar-refractivity contribution in [3.63, 3.8) is 0 Å². The van der Waals surface area contributed by atoms with Gasteiger partial charge >= 0.3 is 0 Å². The van der Waals surface area contributed by atoms with Crippen molar-refractivity contribution in [1.82, 2.24) is 9.97 Å². The second-order valence-electron chi connectivity index (χ2n) is 5.06. The van der Waals surface area contributed by atoms with Gasteiger partial charge in [0, 0.05) is 37.5 Å². The summed E-state index contributed by atoms with van der Waals surface area (Å²) in [5.41, 5.74) is 0. The predicted octanol–water partition coefficient (Wildman–Crippen LogP) is 1.06. The number of rotatable bonds is 3. The lowest BCUT2D eigenvalue weighted by Crippen LogP contribution is -2.37. The summed E-state index contributed by atoms with van der Waals surface area (Å²) in [5, 5.41) is 0.844. The summed E-state index contributed by atoms with van der Waals surface area (Å²) < 4.78 is 5.34. The molecule has 2 aliphatic rings. The molecule has 0 N–H and O–H groups in total. The van der Waals surface area contributed by atoms with Gasteiger partial charge in [-0.25, -0.2) is 9.97 Å². The van der Waals surface area contributed by atoms with Crippen molar-refractivity contribution in [3.8, 4) is 0 Å². The van der Waals surface area contributed by atoms with Gasteiger partial charge in [0.15, 0.2) is 0 Å². The first-order valence-corrected chi connectivity index (χ1v) is 7.91. The van der Waals surface area contributed by atoms with Gasteiger partial charge in [0.1, 0.15) is 18.0 Å². The van der Waals surface area contributed by atoms with Crippen LogP contribution in [0.1, 0.15) is 6.42 Å². The van der Waals surface area contributed by atoms with Gasteiger partial charge in [0.2, 0.25) is 5.91 Å². The van der Waals surface area contributed by atoms with Gasteiger partial charge in [-0.15, -0.1) is 0 Å². The van der Waals surface area contributed by atoms with Crippen LogP contribution in [0.2, 0.25) is 0 Å². The SMILES string of the molecule is O=C1CC(CBr)CN1c1cc(N2CCOCC2)ncn1. The molecule has 7 heteroatoms. The van der Waals surface area contributed by atoms with Crippen molar-refractivity contribution in [3.05, 3.63) is 12.4 Å². The van der Waals surface area contributed by atoms with E-state index >= 15 is 0 Å². The number of aromatic nitrogens is 2. The fourth-order valence-corrected chi connectivity index (χ4v) is 2.99. The van der Waals surface area contributed by atoms with Gasteiger partial charge in [-0.1, -0.05) is 15.9 Å². The molecule has 0 spiro atoms. The highest BCUT2D eigenvalue weighted by molar-refractivity contribution is 9.09. The molecule has 2 fully saturated rings.